The molecular formula is C21H26N2O3. The number of hydrogen-bond acceptors (Lipinski definition) is 5. The number of hydrogen-bond donors (Lipinski definition) is 1. The summed E-state index contributed by atoms with van der Waals surface area (Å²) in [5, 5.41) is 10.00. The van der Waals surface area contributed by atoms with E-state index in [4.69, 9.17) is 9.47 Å². The molecule has 0 amide bonds. The summed E-state index contributed by atoms with van der Waals surface area (Å²) in [7, 11) is 1.57. The first kappa shape index (κ1) is 17.3. The standard InChI is InChI=1S/C21H26N2O3/c1-25-21-8-7-16(11-20(21)24)12-22-9-10-23-18(13-22)14-26-15-19(23)17-5-3-2-4-6-17/h2-8,11,18-19,24H,9-10,12-15H2,1H3/t18-,19-/m1/s1. The molecule has 5 heteroatoms. The SMILES string of the molecule is COc1ccc(CN2CCN3[C@@H](COC[C@@H]3c3ccccc3)C2)cc1O. The summed E-state index contributed by atoms with van der Waals surface area (Å²) in [4.78, 5) is 5.04. The van der Waals surface area contributed by atoms with Crippen molar-refractivity contribution < 1.29 is 14.6 Å². The molecule has 2 fully saturated rings. The maximum absolute atomic E-state index is 10.00. The monoisotopic (exact) mass is 354 g/mol. The van der Waals surface area contributed by atoms with Gasteiger partial charge in [-0.05, 0) is 23.3 Å². The lowest BCUT2D eigenvalue weighted by molar-refractivity contribution is -0.0836. The molecule has 1 N–H and O–H groups in total. The van der Waals surface area contributed by atoms with Gasteiger partial charge in [-0.2, -0.15) is 0 Å². The van der Waals surface area contributed by atoms with Crippen molar-refractivity contribution in [2.24, 2.45) is 0 Å². The predicted molar refractivity (Wildman–Crippen MR) is 100 cm³/mol. The van der Waals surface area contributed by atoms with Crippen LogP contribution in [0.1, 0.15) is 17.2 Å². The molecule has 0 radical (unpaired) electrons. The quantitative estimate of drug-likeness (QED) is 0.915. The predicted octanol–water partition coefficient (Wildman–Crippen LogP) is 2.66. The molecule has 2 heterocycles. The molecule has 0 bridgehead atoms. The Bertz CT molecular complexity index is 737. The van der Waals surface area contributed by atoms with E-state index in [2.05, 4.69) is 40.1 Å². The first-order chi connectivity index (χ1) is 12.7. The fourth-order valence-electron chi connectivity index (χ4n) is 4.10. The topological polar surface area (TPSA) is 45.2 Å². The lowest BCUT2D eigenvalue weighted by Gasteiger charge is -2.48. The van der Waals surface area contributed by atoms with Crippen molar-refractivity contribution in [3.05, 3.63) is 59.7 Å². The Morgan fingerprint density at radius 3 is 2.73 bits per heavy atom. The van der Waals surface area contributed by atoms with Gasteiger partial charge in [0.05, 0.1) is 26.4 Å². The average molecular weight is 354 g/mol. The molecule has 0 unspecified atom stereocenters. The Morgan fingerprint density at radius 1 is 1.12 bits per heavy atom. The van der Waals surface area contributed by atoms with Crippen LogP contribution in [0.15, 0.2) is 48.5 Å². The summed E-state index contributed by atoms with van der Waals surface area (Å²) < 4.78 is 11.1. The Morgan fingerprint density at radius 2 is 1.96 bits per heavy atom. The fourth-order valence-corrected chi connectivity index (χ4v) is 4.10. The molecule has 138 valence electrons. The molecule has 26 heavy (non-hydrogen) atoms. The van der Waals surface area contributed by atoms with Crippen LogP contribution in [0.5, 0.6) is 11.5 Å². The van der Waals surface area contributed by atoms with Crippen molar-refractivity contribution in [3.63, 3.8) is 0 Å². The lowest BCUT2D eigenvalue weighted by Crippen LogP contribution is -2.58. The molecule has 4 rings (SSSR count). The van der Waals surface area contributed by atoms with E-state index < -0.39 is 0 Å². The third-order valence-corrected chi connectivity index (χ3v) is 5.43. The number of aromatic hydroxyl groups is 1. The summed E-state index contributed by atoms with van der Waals surface area (Å²) in [6, 6.07) is 17.1. The van der Waals surface area contributed by atoms with Crippen molar-refractivity contribution in [2.75, 3.05) is 40.0 Å². The Kier molecular flexibility index (Phi) is 5.11. The zero-order chi connectivity index (χ0) is 17.9. The number of phenols is 1. The molecular weight excluding hydrogens is 328 g/mol. The van der Waals surface area contributed by atoms with Gasteiger partial charge in [-0.3, -0.25) is 9.80 Å². The van der Waals surface area contributed by atoms with Crippen LogP contribution in [0.2, 0.25) is 0 Å². The molecule has 5 nitrogen and oxygen atoms in total. The molecule has 2 aromatic carbocycles. The first-order valence-electron chi connectivity index (χ1n) is 9.21. The van der Waals surface area contributed by atoms with E-state index in [-0.39, 0.29) is 5.75 Å². The molecule has 0 spiro atoms. The third-order valence-electron chi connectivity index (χ3n) is 5.43. The molecule has 2 atom stereocenters. The Hall–Kier alpha value is -2.08. The highest BCUT2D eigenvalue weighted by molar-refractivity contribution is 5.41. The number of benzene rings is 2. The highest BCUT2D eigenvalue weighted by Gasteiger charge is 2.36. The fraction of sp³-hybridized carbons (Fsp3) is 0.429. The van der Waals surface area contributed by atoms with Gasteiger partial charge in [0.15, 0.2) is 11.5 Å². The van der Waals surface area contributed by atoms with Crippen LogP contribution in [0.3, 0.4) is 0 Å². The van der Waals surface area contributed by atoms with Crippen LogP contribution < -0.4 is 4.74 Å². The van der Waals surface area contributed by atoms with Gasteiger partial charge in [0.1, 0.15) is 0 Å². The smallest absolute Gasteiger partial charge is 0.160 e. The second-order valence-electron chi connectivity index (χ2n) is 7.10. The zero-order valence-electron chi connectivity index (χ0n) is 15.2. The molecule has 0 saturated carbocycles. The molecule has 2 aliphatic heterocycles. The van der Waals surface area contributed by atoms with Gasteiger partial charge in [0.25, 0.3) is 0 Å². The second-order valence-corrected chi connectivity index (χ2v) is 7.10. The van der Waals surface area contributed by atoms with Crippen molar-refractivity contribution in [1.82, 2.24) is 9.80 Å². The summed E-state index contributed by atoms with van der Waals surface area (Å²) in [5.74, 6) is 0.721. The Balaban J connectivity index is 1.42. The van der Waals surface area contributed by atoms with Crippen molar-refractivity contribution in [1.29, 1.82) is 0 Å². The van der Waals surface area contributed by atoms with Crippen molar-refractivity contribution >= 4 is 0 Å². The van der Waals surface area contributed by atoms with Crippen LogP contribution in [-0.4, -0.2) is 60.9 Å². The van der Waals surface area contributed by atoms with Gasteiger partial charge in [-0.1, -0.05) is 36.4 Å². The largest absolute Gasteiger partial charge is 0.504 e. The number of fused-ring (bicyclic) bond motifs is 1. The maximum atomic E-state index is 10.00. The summed E-state index contributed by atoms with van der Waals surface area (Å²) in [6.45, 7) is 5.43. The van der Waals surface area contributed by atoms with Crippen LogP contribution in [0, 0.1) is 0 Å². The van der Waals surface area contributed by atoms with E-state index in [0.29, 0.717) is 17.8 Å². The van der Waals surface area contributed by atoms with Crippen LogP contribution in [0.4, 0.5) is 0 Å². The number of morpholine rings is 1. The number of rotatable bonds is 4. The van der Waals surface area contributed by atoms with E-state index in [1.54, 1.807) is 13.2 Å². The van der Waals surface area contributed by atoms with Crippen molar-refractivity contribution in [2.45, 2.75) is 18.6 Å². The summed E-state index contributed by atoms with van der Waals surface area (Å²) in [5.41, 5.74) is 2.44. The minimum Gasteiger partial charge on any atom is -0.504 e. The number of nitrogens with zero attached hydrogens (tertiary/aromatic N) is 2. The maximum Gasteiger partial charge on any atom is 0.160 e. The highest BCUT2D eigenvalue weighted by Crippen LogP contribution is 2.31. The van der Waals surface area contributed by atoms with Gasteiger partial charge in [0, 0.05) is 32.2 Å². The lowest BCUT2D eigenvalue weighted by atomic mass is 10.00. The van der Waals surface area contributed by atoms with Gasteiger partial charge in [-0.25, -0.2) is 0 Å². The van der Waals surface area contributed by atoms with E-state index in [1.807, 2.05) is 12.1 Å². The average Bonchev–Trinajstić information content (AvgIpc) is 2.68. The van der Waals surface area contributed by atoms with Gasteiger partial charge >= 0.3 is 0 Å². The minimum atomic E-state index is 0.203. The van der Waals surface area contributed by atoms with Gasteiger partial charge in [0.2, 0.25) is 0 Å². The van der Waals surface area contributed by atoms with Gasteiger partial charge < -0.3 is 14.6 Å². The van der Waals surface area contributed by atoms with E-state index >= 15 is 0 Å². The van der Waals surface area contributed by atoms with E-state index in [9.17, 15) is 5.11 Å². The molecule has 2 saturated heterocycles. The number of piperazine rings is 1. The van der Waals surface area contributed by atoms with Crippen LogP contribution in [0.25, 0.3) is 0 Å². The number of phenolic OH excluding ortho intramolecular Hbond substituents is 1. The summed E-state index contributed by atoms with van der Waals surface area (Å²) in [6.07, 6.45) is 0. The number of methoxy groups -OCH3 is 1. The molecule has 0 aliphatic carbocycles. The Labute approximate surface area is 154 Å². The first-order valence-corrected chi connectivity index (χ1v) is 9.21. The zero-order valence-corrected chi connectivity index (χ0v) is 15.2. The van der Waals surface area contributed by atoms with Crippen LogP contribution in [-0.2, 0) is 11.3 Å². The van der Waals surface area contributed by atoms with Gasteiger partial charge in [-0.15, -0.1) is 0 Å². The third kappa shape index (κ3) is 3.56. The van der Waals surface area contributed by atoms with E-state index in [1.165, 1.54) is 5.56 Å². The van der Waals surface area contributed by atoms with Crippen molar-refractivity contribution in [3.8, 4) is 11.5 Å². The van der Waals surface area contributed by atoms with E-state index in [0.717, 1.165) is 45.0 Å². The highest BCUT2D eigenvalue weighted by atomic mass is 16.5. The molecule has 2 aromatic rings. The normalized spacial score (nSPS) is 24.2. The molecule has 0 aromatic heterocycles. The molecule has 2 aliphatic rings. The number of ether oxygens (including phenoxy) is 2. The minimum absolute atomic E-state index is 0.203. The summed E-state index contributed by atoms with van der Waals surface area (Å²) >= 11 is 0. The van der Waals surface area contributed by atoms with Crippen LogP contribution >= 0.6 is 0 Å². The second kappa shape index (κ2) is 7.66.